The van der Waals surface area contributed by atoms with Crippen LogP contribution in [0.5, 0.6) is 0 Å². The monoisotopic (exact) mass is 231 g/mol. The number of hydrogen-bond donors (Lipinski definition) is 1. The molecule has 0 bridgehead atoms. The van der Waals surface area contributed by atoms with Crippen LogP contribution in [0.1, 0.15) is 11.4 Å². The van der Waals surface area contributed by atoms with E-state index in [2.05, 4.69) is 10.4 Å². The van der Waals surface area contributed by atoms with Gasteiger partial charge in [-0.2, -0.15) is 5.10 Å². The minimum Gasteiger partial charge on any atom is -0.383 e. The van der Waals surface area contributed by atoms with E-state index in [9.17, 15) is 0 Å². The first-order chi connectivity index (χ1) is 7.16. The molecular formula is C10H18ClN3O. The number of ether oxygens (including phenoxy) is 1. The molecule has 1 aromatic heterocycles. The highest BCUT2D eigenvalue weighted by Crippen LogP contribution is 2.19. The average Bonchev–Trinajstić information content (AvgIpc) is 2.44. The van der Waals surface area contributed by atoms with Crippen molar-refractivity contribution in [1.82, 2.24) is 15.1 Å². The van der Waals surface area contributed by atoms with Crippen LogP contribution < -0.4 is 5.32 Å². The summed E-state index contributed by atoms with van der Waals surface area (Å²) >= 11 is 6.12. The normalized spacial score (nSPS) is 10.9. The van der Waals surface area contributed by atoms with Crippen LogP contribution in [0.15, 0.2) is 0 Å². The second-order valence-electron chi connectivity index (χ2n) is 3.46. The molecule has 15 heavy (non-hydrogen) atoms. The molecule has 86 valence electrons. The average molecular weight is 232 g/mol. The highest BCUT2D eigenvalue weighted by molar-refractivity contribution is 6.31. The summed E-state index contributed by atoms with van der Waals surface area (Å²) < 4.78 is 6.78. The van der Waals surface area contributed by atoms with Gasteiger partial charge in [-0.1, -0.05) is 11.6 Å². The molecular weight excluding hydrogens is 214 g/mol. The molecule has 0 aromatic carbocycles. The molecule has 5 heteroatoms. The van der Waals surface area contributed by atoms with E-state index in [-0.39, 0.29) is 0 Å². The molecule has 0 aliphatic carbocycles. The molecule has 1 aromatic rings. The number of nitrogens with one attached hydrogen (secondary N) is 1. The molecule has 4 nitrogen and oxygen atoms in total. The Bertz CT molecular complexity index is 312. The van der Waals surface area contributed by atoms with Crippen molar-refractivity contribution in [3.05, 3.63) is 16.4 Å². The van der Waals surface area contributed by atoms with E-state index in [0.29, 0.717) is 0 Å². The number of aromatic nitrogens is 2. The maximum absolute atomic E-state index is 6.12. The van der Waals surface area contributed by atoms with E-state index >= 15 is 0 Å². The van der Waals surface area contributed by atoms with E-state index in [1.165, 1.54) is 0 Å². The van der Waals surface area contributed by atoms with E-state index in [4.69, 9.17) is 16.3 Å². The maximum Gasteiger partial charge on any atom is 0.0847 e. The van der Waals surface area contributed by atoms with Crippen molar-refractivity contribution in [3.8, 4) is 0 Å². The molecule has 0 spiro atoms. The minimum absolute atomic E-state index is 0.734. The first-order valence-electron chi connectivity index (χ1n) is 5.04. The van der Waals surface area contributed by atoms with Gasteiger partial charge in [-0.3, -0.25) is 4.68 Å². The zero-order valence-corrected chi connectivity index (χ0v) is 10.3. The molecule has 0 aliphatic rings. The second kappa shape index (κ2) is 6.10. The van der Waals surface area contributed by atoms with Crippen molar-refractivity contribution < 1.29 is 4.74 Å². The van der Waals surface area contributed by atoms with Crippen molar-refractivity contribution in [2.75, 3.05) is 26.8 Å². The number of rotatable bonds is 6. The van der Waals surface area contributed by atoms with Gasteiger partial charge in [-0.25, -0.2) is 0 Å². The van der Waals surface area contributed by atoms with Gasteiger partial charge in [-0.05, 0) is 6.92 Å². The van der Waals surface area contributed by atoms with Gasteiger partial charge < -0.3 is 10.1 Å². The van der Waals surface area contributed by atoms with Crippen molar-refractivity contribution >= 4 is 11.6 Å². The summed E-state index contributed by atoms with van der Waals surface area (Å²) in [4.78, 5) is 0. The van der Waals surface area contributed by atoms with E-state index < -0.39 is 0 Å². The van der Waals surface area contributed by atoms with Gasteiger partial charge in [0.1, 0.15) is 0 Å². The maximum atomic E-state index is 6.12. The summed E-state index contributed by atoms with van der Waals surface area (Å²) in [6, 6.07) is 0. The van der Waals surface area contributed by atoms with Gasteiger partial charge in [0.25, 0.3) is 0 Å². The number of nitrogens with zero attached hydrogens (tertiary/aromatic N) is 2. The predicted molar refractivity (Wildman–Crippen MR) is 61.4 cm³/mol. The molecule has 0 aliphatic heterocycles. The summed E-state index contributed by atoms with van der Waals surface area (Å²) in [5.74, 6) is 0. The Hall–Kier alpha value is -0.580. The van der Waals surface area contributed by atoms with Crippen LogP contribution in [0.4, 0.5) is 0 Å². The summed E-state index contributed by atoms with van der Waals surface area (Å²) in [5.41, 5.74) is 1.98. The lowest BCUT2D eigenvalue weighted by atomic mass is 10.3. The fourth-order valence-corrected chi connectivity index (χ4v) is 1.71. The standard InChI is InChI=1S/C10H18ClN3O/c1-8-10(11)9(14(2)13-8)4-5-12-6-7-15-3/h12H,4-7H2,1-3H3. The van der Waals surface area contributed by atoms with Crippen LogP contribution in [0.3, 0.4) is 0 Å². The minimum atomic E-state index is 0.734. The third kappa shape index (κ3) is 3.48. The van der Waals surface area contributed by atoms with Gasteiger partial charge in [0.2, 0.25) is 0 Å². The molecule has 0 fully saturated rings. The zero-order valence-electron chi connectivity index (χ0n) is 9.51. The van der Waals surface area contributed by atoms with Crippen molar-refractivity contribution in [3.63, 3.8) is 0 Å². The fourth-order valence-electron chi connectivity index (χ4n) is 1.46. The Kier molecular flexibility index (Phi) is 5.08. The van der Waals surface area contributed by atoms with Crippen LogP contribution in [0.25, 0.3) is 0 Å². The molecule has 1 heterocycles. The van der Waals surface area contributed by atoms with Gasteiger partial charge in [0.15, 0.2) is 0 Å². The highest BCUT2D eigenvalue weighted by Gasteiger charge is 2.09. The Morgan fingerprint density at radius 3 is 2.73 bits per heavy atom. The van der Waals surface area contributed by atoms with Crippen LogP contribution in [-0.2, 0) is 18.2 Å². The smallest absolute Gasteiger partial charge is 0.0847 e. The molecule has 0 unspecified atom stereocenters. The van der Waals surface area contributed by atoms with Crippen LogP contribution >= 0.6 is 11.6 Å². The summed E-state index contributed by atoms with van der Waals surface area (Å²) in [6.07, 6.45) is 0.889. The van der Waals surface area contributed by atoms with Crippen molar-refractivity contribution in [2.45, 2.75) is 13.3 Å². The lowest BCUT2D eigenvalue weighted by Crippen LogP contribution is -2.22. The first-order valence-corrected chi connectivity index (χ1v) is 5.42. The number of methoxy groups -OCH3 is 1. The summed E-state index contributed by atoms with van der Waals surface area (Å²) in [7, 11) is 3.62. The summed E-state index contributed by atoms with van der Waals surface area (Å²) in [6.45, 7) is 4.41. The van der Waals surface area contributed by atoms with E-state index in [0.717, 1.165) is 42.5 Å². The Morgan fingerprint density at radius 2 is 2.20 bits per heavy atom. The first kappa shape index (κ1) is 12.5. The molecule has 0 saturated carbocycles. The van der Waals surface area contributed by atoms with Crippen molar-refractivity contribution in [2.24, 2.45) is 7.05 Å². The lowest BCUT2D eigenvalue weighted by Gasteiger charge is -2.04. The topological polar surface area (TPSA) is 39.1 Å². The van der Waals surface area contributed by atoms with Gasteiger partial charge in [-0.15, -0.1) is 0 Å². The number of halogens is 1. The number of aryl methyl sites for hydroxylation is 2. The van der Waals surface area contributed by atoms with Crippen LogP contribution in [0, 0.1) is 6.92 Å². The molecule has 0 amide bonds. The molecule has 0 atom stereocenters. The van der Waals surface area contributed by atoms with Gasteiger partial charge in [0.05, 0.1) is 23.0 Å². The molecule has 1 rings (SSSR count). The molecule has 1 N–H and O–H groups in total. The van der Waals surface area contributed by atoms with Crippen LogP contribution in [0.2, 0.25) is 5.02 Å². The lowest BCUT2D eigenvalue weighted by molar-refractivity contribution is 0.199. The van der Waals surface area contributed by atoms with Crippen LogP contribution in [-0.4, -0.2) is 36.6 Å². The Morgan fingerprint density at radius 1 is 1.47 bits per heavy atom. The fraction of sp³-hybridized carbons (Fsp3) is 0.700. The summed E-state index contributed by atoms with van der Waals surface area (Å²) in [5, 5.41) is 8.32. The predicted octanol–water partition coefficient (Wildman–Crippen LogP) is 1.16. The third-order valence-electron chi connectivity index (χ3n) is 2.28. The highest BCUT2D eigenvalue weighted by atomic mass is 35.5. The van der Waals surface area contributed by atoms with Crippen molar-refractivity contribution in [1.29, 1.82) is 0 Å². The Balaban J connectivity index is 2.37. The molecule has 0 radical (unpaired) electrons. The van der Waals surface area contributed by atoms with Gasteiger partial charge >= 0.3 is 0 Å². The van der Waals surface area contributed by atoms with Gasteiger partial charge in [0, 0.05) is 33.7 Å². The Labute approximate surface area is 95.6 Å². The second-order valence-corrected chi connectivity index (χ2v) is 3.84. The quantitative estimate of drug-likeness (QED) is 0.747. The largest absolute Gasteiger partial charge is 0.383 e. The zero-order chi connectivity index (χ0) is 11.3. The van der Waals surface area contributed by atoms with E-state index in [1.807, 2.05) is 18.7 Å². The molecule has 0 saturated heterocycles. The van der Waals surface area contributed by atoms with E-state index in [1.54, 1.807) is 7.11 Å². The SMILES string of the molecule is COCCNCCc1c(Cl)c(C)nn1C. The third-order valence-corrected chi connectivity index (χ3v) is 2.77. The number of hydrogen-bond acceptors (Lipinski definition) is 3.